The van der Waals surface area contributed by atoms with Gasteiger partial charge in [-0.25, -0.2) is 4.99 Å². The number of rotatable bonds is 10. The van der Waals surface area contributed by atoms with Crippen LogP contribution in [-0.4, -0.2) is 29.4 Å². The van der Waals surface area contributed by atoms with Crippen LogP contribution in [0.5, 0.6) is 5.75 Å². The Labute approximate surface area is 185 Å². The van der Waals surface area contributed by atoms with Crippen molar-refractivity contribution in [1.29, 1.82) is 0 Å². The van der Waals surface area contributed by atoms with Gasteiger partial charge in [0.1, 0.15) is 11.4 Å². The summed E-state index contributed by atoms with van der Waals surface area (Å²) < 4.78 is 7.46. The fourth-order valence-corrected chi connectivity index (χ4v) is 3.42. The van der Waals surface area contributed by atoms with Crippen LogP contribution in [0.1, 0.15) is 49.4 Å². The van der Waals surface area contributed by atoms with Crippen molar-refractivity contribution in [2.24, 2.45) is 17.0 Å². The van der Waals surface area contributed by atoms with Crippen molar-refractivity contribution in [2.45, 2.75) is 39.0 Å². The van der Waals surface area contributed by atoms with Gasteiger partial charge in [-0.1, -0.05) is 30.9 Å². The lowest BCUT2D eigenvalue weighted by Gasteiger charge is -2.10. The Morgan fingerprint density at radius 1 is 1.29 bits per heavy atom. The third-order valence-corrected chi connectivity index (χ3v) is 5.23. The Kier molecular flexibility index (Phi) is 7.76. The normalized spacial score (nSPS) is 14.5. The fourth-order valence-electron chi connectivity index (χ4n) is 3.42. The molecule has 1 aromatic carbocycles. The first-order valence-electron chi connectivity index (χ1n) is 10.8. The first kappa shape index (κ1) is 22.5. The molecule has 0 bridgehead atoms. The summed E-state index contributed by atoms with van der Waals surface area (Å²) in [6, 6.07) is 6.52. The molecule has 162 valence electrons. The molecule has 1 aliphatic rings. The van der Waals surface area contributed by atoms with Crippen molar-refractivity contribution in [1.82, 2.24) is 9.55 Å². The van der Waals surface area contributed by atoms with Gasteiger partial charge in [-0.3, -0.25) is 9.98 Å². The van der Waals surface area contributed by atoms with Crippen LogP contribution in [0.3, 0.4) is 0 Å². The molecule has 0 amide bonds. The van der Waals surface area contributed by atoms with Gasteiger partial charge in [-0.15, -0.1) is 0 Å². The highest BCUT2D eigenvalue weighted by molar-refractivity contribution is 6.08. The van der Waals surface area contributed by atoms with E-state index < -0.39 is 0 Å². The Hall–Kier alpha value is -3.21. The molecule has 1 aliphatic carbocycles. The van der Waals surface area contributed by atoms with Crippen LogP contribution in [0, 0.1) is 0 Å². The van der Waals surface area contributed by atoms with Gasteiger partial charge in [0.2, 0.25) is 0 Å². The van der Waals surface area contributed by atoms with E-state index in [1.165, 1.54) is 11.1 Å². The number of nitrogens with zero attached hydrogens (tertiary/aromatic N) is 4. The number of methoxy groups -OCH3 is 1. The Morgan fingerprint density at radius 2 is 2.10 bits per heavy atom. The second-order valence-electron chi connectivity index (χ2n) is 7.64. The largest absolute Gasteiger partial charge is 0.497 e. The maximum atomic E-state index is 5.48. The molecule has 5 heteroatoms. The lowest BCUT2D eigenvalue weighted by Crippen LogP contribution is -2.24. The zero-order valence-corrected chi connectivity index (χ0v) is 19.0. The SMILES string of the molecule is C=C(CCCc1cc(OC)cc(C2C=C2)c1)N=c1c(/C(C=NCC)=C/C)nccn1C. The fraction of sp³-hybridized carbons (Fsp3) is 0.346. The van der Waals surface area contributed by atoms with E-state index in [2.05, 4.69) is 46.9 Å². The number of aliphatic imine (C=N–C) groups is 1. The summed E-state index contributed by atoms with van der Waals surface area (Å²) in [6.07, 6.45) is 14.7. The summed E-state index contributed by atoms with van der Waals surface area (Å²) in [5.74, 6) is 1.39. The van der Waals surface area contributed by atoms with Crippen LogP contribution in [0.15, 0.2) is 71.1 Å². The summed E-state index contributed by atoms with van der Waals surface area (Å²) in [4.78, 5) is 13.8. The van der Waals surface area contributed by atoms with Gasteiger partial charge in [-0.2, -0.15) is 0 Å². The Morgan fingerprint density at radius 3 is 2.77 bits per heavy atom. The van der Waals surface area contributed by atoms with Crippen molar-refractivity contribution < 1.29 is 4.74 Å². The second-order valence-corrected chi connectivity index (χ2v) is 7.64. The van der Waals surface area contributed by atoms with Crippen LogP contribution in [0.25, 0.3) is 5.57 Å². The molecular weight excluding hydrogens is 384 g/mol. The standard InChI is InChI=1S/C26H32N4O/c1-6-21(18-27-7-2)25-26(30(4)14-13-28-25)29-19(3)9-8-10-20-15-23(22-11-12-22)17-24(16-20)31-5/h6,11-18,22H,3,7-10H2,1-2,4-5H3/b21-6+,27-18?,29-26?. The number of hydrogen-bond donors (Lipinski definition) is 0. The molecule has 0 atom stereocenters. The molecule has 0 radical (unpaired) electrons. The average molecular weight is 417 g/mol. The molecular formula is C26H32N4O. The highest BCUT2D eigenvalue weighted by atomic mass is 16.5. The maximum absolute atomic E-state index is 5.48. The summed E-state index contributed by atoms with van der Waals surface area (Å²) in [5, 5.41) is 0. The van der Waals surface area contributed by atoms with Gasteiger partial charge in [0.25, 0.3) is 0 Å². The van der Waals surface area contributed by atoms with Crippen LogP contribution in [-0.2, 0) is 13.5 Å². The molecule has 3 rings (SSSR count). The van der Waals surface area contributed by atoms with E-state index in [4.69, 9.17) is 9.73 Å². The van der Waals surface area contributed by atoms with Gasteiger partial charge in [0.15, 0.2) is 5.49 Å². The highest BCUT2D eigenvalue weighted by Crippen LogP contribution is 2.33. The summed E-state index contributed by atoms with van der Waals surface area (Å²) in [7, 11) is 3.70. The van der Waals surface area contributed by atoms with Gasteiger partial charge < -0.3 is 9.30 Å². The van der Waals surface area contributed by atoms with Crippen molar-refractivity contribution in [3.8, 4) is 5.75 Å². The molecule has 0 aliphatic heterocycles. The molecule has 0 unspecified atom stereocenters. The number of hydrogen-bond acceptors (Lipinski definition) is 4. The van der Waals surface area contributed by atoms with Crippen LogP contribution in [0.4, 0.5) is 0 Å². The molecule has 0 saturated heterocycles. The topological polar surface area (TPSA) is 51.8 Å². The minimum Gasteiger partial charge on any atom is -0.497 e. The molecule has 2 aromatic rings. The third-order valence-electron chi connectivity index (χ3n) is 5.23. The number of aromatic nitrogens is 2. The molecule has 0 fully saturated rings. The zero-order chi connectivity index (χ0) is 22.2. The number of benzene rings is 1. The van der Waals surface area contributed by atoms with Crippen molar-refractivity contribution in [2.75, 3.05) is 13.7 Å². The summed E-state index contributed by atoms with van der Waals surface area (Å²) >= 11 is 0. The molecule has 5 nitrogen and oxygen atoms in total. The minimum absolute atomic E-state index is 0.472. The highest BCUT2D eigenvalue weighted by Gasteiger charge is 2.15. The molecule has 0 spiro atoms. The van der Waals surface area contributed by atoms with E-state index >= 15 is 0 Å². The number of ether oxygens (including phenoxy) is 1. The first-order chi connectivity index (χ1) is 15.0. The quantitative estimate of drug-likeness (QED) is 0.404. The van der Waals surface area contributed by atoms with Gasteiger partial charge in [-0.05, 0) is 56.4 Å². The first-order valence-corrected chi connectivity index (χ1v) is 10.8. The van der Waals surface area contributed by atoms with Crippen LogP contribution in [0.2, 0.25) is 0 Å². The predicted molar refractivity (Wildman–Crippen MR) is 128 cm³/mol. The Balaban J connectivity index is 1.72. The molecule has 0 saturated carbocycles. The monoisotopic (exact) mass is 416 g/mol. The summed E-state index contributed by atoms with van der Waals surface area (Å²) in [6.45, 7) is 8.94. The van der Waals surface area contributed by atoms with E-state index in [-0.39, 0.29) is 0 Å². The van der Waals surface area contributed by atoms with Gasteiger partial charge in [0, 0.05) is 49.4 Å². The smallest absolute Gasteiger partial charge is 0.159 e. The molecule has 31 heavy (non-hydrogen) atoms. The van der Waals surface area contributed by atoms with Gasteiger partial charge >= 0.3 is 0 Å². The number of allylic oxidation sites excluding steroid dienone is 5. The predicted octanol–water partition coefficient (Wildman–Crippen LogP) is 5.01. The van der Waals surface area contributed by atoms with E-state index in [0.29, 0.717) is 5.92 Å². The van der Waals surface area contributed by atoms with Crippen LogP contribution >= 0.6 is 0 Å². The lowest BCUT2D eigenvalue weighted by molar-refractivity contribution is 0.413. The van der Waals surface area contributed by atoms with E-state index in [0.717, 1.165) is 54.0 Å². The van der Waals surface area contributed by atoms with Crippen molar-refractivity contribution in [3.05, 3.63) is 83.4 Å². The van der Waals surface area contributed by atoms with E-state index in [9.17, 15) is 0 Å². The molecule has 1 heterocycles. The van der Waals surface area contributed by atoms with Crippen molar-refractivity contribution in [3.63, 3.8) is 0 Å². The van der Waals surface area contributed by atoms with Crippen LogP contribution < -0.4 is 10.2 Å². The zero-order valence-electron chi connectivity index (χ0n) is 19.0. The Bertz CT molecular complexity index is 1080. The molecule has 1 aromatic heterocycles. The van der Waals surface area contributed by atoms with E-state index in [1.807, 2.05) is 43.9 Å². The minimum atomic E-state index is 0.472. The molecule has 0 N–H and O–H groups in total. The maximum Gasteiger partial charge on any atom is 0.159 e. The van der Waals surface area contributed by atoms with Gasteiger partial charge in [0.05, 0.1) is 7.11 Å². The third kappa shape index (κ3) is 6.14. The lowest BCUT2D eigenvalue weighted by atomic mass is 10.0. The summed E-state index contributed by atoms with van der Waals surface area (Å²) in [5.41, 5.74) is 6.02. The van der Waals surface area contributed by atoms with Crippen molar-refractivity contribution >= 4 is 11.8 Å². The number of aryl methyl sites for hydroxylation is 2. The second kappa shape index (κ2) is 10.7. The van der Waals surface area contributed by atoms with E-state index in [1.54, 1.807) is 13.3 Å². The average Bonchev–Trinajstić information content (AvgIpc) is 3.61.